The fourth-order valence-electron chi connectivity index (χ4n) is 2.32. The third kappa shape index (κ3) is 3.86. The van der Waals surface area contributed by atoms with Gasteiger partial charge in [-0.3, -0.25) is 4.79 Å². The zero-order valence-corrected chi connectivity index (χ0v) is 12.0. The highest BCUT2D eigenvalue weighted by Gasteiger charge is 2.13. The van der Waals surface area contributed by atoms with Crippen molar-refractivity contribution in [3.63, 3.8) is 0 Å². The number of ketones is 1. The Kier molecular flexibility index (Phi) is 5.90. The summed E-state index contributed by atoms with van der Waals surface area (Å²) < 4.78 is 5.22. The largest absolute Gasteiger partial charge is 0.497 e. The van der Waals surface area contributed by atoms with Crippen LogP contribution in [-0.4, -0.2) is 12.9 Å². The summed E-state index contributed by atoms with van der Waals surface area (Å²) in [4.78, 5) is 11.4. The summed E-state index contributed by atoms with van der Waals surface area (Å²) >= 11 is 0. The first-order valence-electron chi connectivity index (χ1n) is 6.78. The van der Waals surface area contributed by atoms with Gasteiger partial charge in [0.1, 0.15) is 11.5 Å². The van der Waals surface area contributed by atoms with Crippen molar-refractivity contribution in [1.82, 2.24) is 0 Å². The number of carbonyl (C=O) groups is 1. The minimum absolute atomic E-state index is 0.361. The Balaban J connectivity index is 2.78. The summed E-state index contributed by atoms with van der Waals surface area (Å²) in [6, 6.07) is 6.21. The quantitative estimate of drug-likeness (QED) is 0.720. The Labute approximate surface area is 110 Å². The van der Waals surface area contributed by atoms with Gasteiger partial charge < -0.3 is 4.74 Å². The molecule has 0 aromatic heterocycles. The van der Waals surface area contributed by atoms with Crippen LogP contribution in [0.4, 0.5) is 0 Å². The van der Waals surface area contributed by atoms with Gasteiger partial charge in [-0.15, -0.1) is 0 Å². The molecule has 0 aliphatic rings. The highest BCUT2D eigenvalue weighted by molar-refractivity contribution is 5.78. The van der Waals surface area contributed by atoms with Gasteiger partial charge in [0.25, 0.3) is 0 Å². The molecule has 2 heteroatoms. The number of aryl methyl sites for hydroxylation is 1. The Morgan fingerprint density at radius 1 is 1.33 bits per heavy atom. The average molecular weight is 248 g/mol. The molecule has 100 valence electrons. The summed E-state index contributed by atoms with van der Waals surface area (Å²) in [5.41, 5.74) is 2.60. The van der Waals surface area contributed by atoms with Crippen molar-refractivity contribution in [2.45, 2.75) is 52.4 Å². The molecule has 0 fully saturated rings. The zero-order valence-electron chi connectivity index (χ0n) is 12.0. The van der Waals surface area contributed by atoms with Crippen molar-refractivity contribution in [3.8, 4) is 5.75 Å². The summed E-state index contributed by atoms with van der Waals surface area (Å²) in [6.07, 6.45) is 3.37. The molecule has 1 aromatic rings. The van der Waals surface area contributed by atoms with Gasteiger partial charge in [0.05, 0.1) is 7.11 Å². The van der Waals surface area contributed by atoms with Crippen molar-refractivity contribution in [2.75, 3.05) is 7.11 Å². The van der Waals surface area contributed by atoms with Crippen LogP contribution in [0.2, 0.25) is 0 Å². The highest BCUT2D eigenvalue weighted by atomic mass is 16.5. The van der Waals surface area contributed by atoms with Crippen LogP contribution in [0.1, 0.15) is 56.6 Å². The lowest BCUT2D eigenvalue weighted by molar-refractivity contribution is -0.118. The summed E-state index contributed by atoms with van der Waals surface area (Å²) in [6.45, 7) is 6.23. The predicted molar refractivity (Wildman–Crippen MR) is 75.3 cm³/mol. The molecule has 0 saturated carbocycles. The number of hydrogen-bond donors (Lipinski definition) is 0. The van der Waals surface area contributed by atoms with E-state index in [0.29, 0.717) is 24.5 Å². The van der Waals surface area contributed by atoms with E-state index in [2.05, 4.69) is 26.0 Å². The third-order valence-corrected chi connectivity index (χ3v) is 3.58. The van der Waals surface area contributed by atoms with Crippen LogP contribution in [0.25, 0.3) is 0 Å². The number of benzene rings is 1. The number of methoxy groups -OCH3 is 1. The van der Waals surface area contributed by atoms with Gasteiger partial charge in [-0.25, -0.2) is 0 Å². The SMILES string of the molecule is CCC(=O)CCC(CC)c1ccc(OC)cc1C. The maximum atomic E-state index is 11.4. The van der Waals surface area contributed by atoms with Crippen LogP contribution >= 0.6 is 0 Å². The lowest BCUT2D eigenvalue weighted by Gasteiger charge is -2.18. The Morgan fingerprint density at radius 2 is 2.06 bits per heavy atom. The van der Waals surface area contributed by atoms with Crippen molar-refractivity contribution < 1.29 is 9.53 Å². The third-order valence-electron chi connectivity index (χ3n) is 3.58. The number of Topliss-reactive ketones (excluding diaryl/α,β-unsaturated/α-hetero) is 1. The summed E-state index contributed by atoms with van der Waals surface area (Å²) in [5, 5.41) is 0. The maximum absolute atomic E-state index is 11.4. The molecule has 0 saturated heterocycles. The molecule has 1 unspecified atom stereocenters. The van der Waals surface area contributed by atoms with Gasteiger partial charge in [0.15, 0.2) is 0 Å². The molecule has 0 bridgehead atoms. The minimum atomic E-state index is 0.361. The van der Waals surface area contributed by atoms with E-state index in [4.69, 9.17) is 4.74 Å². The topological polar surface area (TPSA) is 26.3 Å². The van der Waals surface area contributed by atoms with E-state index in [1.165, 1.54) is 11.1 Å². The molecule has 1 aromatic carbocycles. The van der Waals surface area contributed by atoms with Crippen molar-refractivity contribution >= 4 is 5.78 Å². The summed E-state index contributed by atoms with van der Waals surface area (Å²) in [7, 11) is 1.69. The number of ether oxygens (including phenoxy) is 1. The van der Waals surface area contributed by atoms with Gasteiger partial charge in [0.2, 0.25) is 0 Å². The monoisotopic (exact) mass is 248 g/mol. The maximum Gasteiger partial charge on any atom is 0.132 e. The highest BCUT2D eigenvalue weighted by Crippen LogP contribution is 2.29. The predicted octanol–water partition coefficient (Wildman–Crippen LogP) is 4.26. The number of rotatable bonds is 7. The van der Waals surface area contributed by atoms with Crippen LogP contribution in [0.15, 0.2) is 18.2 Å². The first-order chi connectivity index (χ1) is 8.62. The van der Waals surface area contributed by atoms with E-state index in [-0.39, 0.29) is 0 Å². The lowest BCUT2D eigenvalue weighted by Crippen LogP contribution is -2.04. The van der Waals surface area contributed by atoms with Crippen LogP contribution in [-0.2, 0) is 4.79 Å². The molecule has 0 spiro atoms. The van der Waals surface area contributed by atoms with Crippen LogP contribution in [0.3, 0.4) is 0 Å². The normalized spacial score (nSPS) is 12.2. The molecule has 0 heterocycles. The standard InChI is InChI=1S/C16H24O2/c1-5-13(7-8-14(17)6-2)16-10-9-15(18-4)11-12(16)3/h9-11,13H,5-8H2,1-4H3. The van der Waals surface area contributed by atoms with E-state index in [9.17, 15) is 4.79 Å². The van der Waals surface area contributed by atoms with E-state index in [1.807, 2.05) is 13.0 Å². The van der Waals surface area contributed by atoms with Crippen LogP contribution < -0.4 is 4.74 Å². The first kappa shape index (κ1) is 14.7. The number of hydrogen-bond acceptors (Lipinski definition) is 2. The van der Waals surface area contributed by atoms with E-state index in [1.54, 1.807) is 7.11 Å². The Hall–Kier alpha value is -1.31. The van der Waals surface area contributed by atoms with Gasteiger partial charge in [-0.05, 0) is 48.9 Å². The van der Waals surface area contributed by atoms with Gasteiger partial charge in [-0.1, -0.05) is 19.9 Å². The molecule has 18 heavy (non-hydrogen) atoms. The Morgan fingerprint density at radius 3 is 2.56 bits per heavy atom. The van der Waals surface area contributed by atoms with Crippen LogP contribution in [0.5, 0.6) is 5.75 Å². The molecule has 0 aliphatic heterocycles. The second-order valence-electron chi connectivity index (χ2n) is 4.76. The molecule has 1 rings (SSSR count). The average Bonchev–Trinajstić information content (AvgIpc) is 2.40. The molecule has 0 radical (unpaired) electrons. The van der Waals surface area contributed by atoms with E-state index >= 15 is 0 Å². The van der Waals surface area contributed by atoms with E-state index in [0.717, 1.165) is 18.6 Å². The van der Waals surface area contributed by atoms with Gasteiger partial charge in [-0.2, -0.15) is 0 Å². The molecular weight excluding hydrogens is 224 g/mol. The van der Waals surface area contributed by atoms with E-state index < -0.39 is 0 Å². The van der Waals surface area contributed by atoms with Crippen molar-refractivity contribution in [3.05, 3.63) is 29.3 Å². The fraction of sp³-hybridized carbons (Fsp3) is 0.562. The molecule has 1 atom stereocenters. The lowest BCUT2D eigenvalue weighted by atomic mass is 9.88. The molecule has 0 amide bonds. The van der Waals surface area contributed by atoms with Gasteiger partial charge >= 0.3 is 0 Å². The zero-order chi connectivity index (χ0) is 13.5. The van der Waals surface area contributed by atoms with Gasteiger partial charge in [0, 0.05) is 12.8 Å². The molecule has 2 nitrogen and oxygen atoms in total. The molecule has 0 aliphatic carbocycles. The van der Waals surface area contributed by atoms with Crippen LogP contribution in [0, 0.1) is 6.92 Å². The second-order valence-corrected chi connectivity index (χ2v) is 4.76. The second kappa shape index (κ2) is 7.20. The summed E-state index contributed by atoms with van der Waals surface area (Å²) in [5.74, 6) is 1.74. The van der Waals surface area contributed by atoms with Crippen molar-refractivity contribution in [2.24, 2.45) is 0 Å². The first-order valence-corrected chi connectivity index (χ1v) is 6.78. The Bertz CT molecular complexity index is 396. The minimum Gasteiger partial charge on any atom is -0.497 e. The fourth-order valence-corrected chi connectivity index (χ4v) is 2.32. The molecular formula is C16H24O2. The molecule has 0 N–H and O–H groups in total. The smallest absolute Gasteiger partial charge is 0.132 e. The number of carbonyl (C=O) groups excluding carboxylic acids is 1. The van der Waals surface area contributed by atoms with Crippen molar-refractivity contribution in [1.29, 1.82) is 0 Å².